The standard InChI is InChI=1S/C88H122N4O8S4/c1-7-13-19-25-31-37-55-93-73-61-67(62-74(94-56-38-32-26-20-14-8-2)87(73)97-59-41-35-29-23-17-11-5)65-99-71-47-43-69(44-48-71)77-51-53-79(101-77)81-83-85(91-103-89-83)82(86-84(81)90-104-92-86)80-54-52-78(102-80)70-45-49-72(50-46-70)100-66-68-63-75(95-57-39-33-27-21-15-9-3)88(98-60-42-36-30-24-18-12-6)76(64-68)96-58-40-34-28-22-16-10-4/h43-54,61-64H,7-42,55-60,65-66H2,1-6H3. The summed E-state index contributed by atoms with van der Waals surface area (Å²) in [6.07, 6.45) is 43.2. The average Bonchev–Trinajstić information content (AvgIpc) is 1.56. The summed E-state index contributed by atoms with van der Waals surface area (Å²) in [5.74, 6) is 6.03. The summed E-state index contributed by atoms with van der Waals surface area (Å²) in [4.78, 5) is 4.40. The van der Waals surface area contributed by atoms with Crippen LogP contribution in [0.1, 0.15) is 284 Å². The van der Waals surface area contributed by atoms with E-state index in [-0.39, 0.29) is 0 Å². The largest absolute Gasteiger partial charge is 0.490 e. The van der Waals surface area contributed by atoms with Crippen LogP contribution in [0.5, 0.6) is 46.0 Å². The Hall–Kier alpha value is -6.46. The zero-order valence-corrected chi connectivity index (χ0v) is 67.3. The fourth-order valence-corrected chi connectivity index (χ4v) is 16.5. The summed E-state index contributed by atoms with van der Waals surface area (Å²) >= 11 is 5.92. The third-order valence-corrected chi connectivity index (χ3v) is 22.7. The highest BCUT2D eigenvalue weighted by Crippen LogP contribution is 2.55. The summed E-state index contributed by atoms with van der Waals surface area (Å²) < 4.78 is 72.7. The van der Waals surface area contributed by atoms with Gasteiger partial charge in [0.1, 0.15) is 47.1 Å². The van der Waals surface area contributed by atoms with Gasteiger partial charge in [0.05, 0.1) is 62.7 Å². The van der Waals surface area contributed by atoms with Gasteiger partial charge in [0.25, 0.3) is 0 Å². The fourth-order valence-electron chi connectivity index (χ4n) is 13.3. The molecule has 0 bridgehead atoms. The van der Waals surface area contributed by atoms with Gasteiger partial charge in [-0.1, -0.05) is 234 Å². The topological polar surface area (TPSA) is 124 Å². The highest BCUT2D eigenvalue weighted by Gasteiger charge is 2.28. The molecule has 0 amide bonds. The van der Waals surface area contributed by atoms with Gasteiger partial charge < -0.3 is 37.9 Å². The van der Waals surface area contributed by atoms with Crippen molar-refractivity contribution in [3.63, 3.8) is 0 Å². The van der Waals surface area contributed by atoms with Gasteiger partial charge in [-0.25, -0.2) is 0 Å². The van der Waals surface area contributed by atoms with Gasteiger partial charge in [-0.15, -0.1) is 22.7 Å². The minimum absolute atomic E-state index is 0.364. The van der Waals surface area contributed by atoms with Gasteiger partial charge in [0.15, 0.2) is 23.0 Å². The highest BCUT2D eigenvalue weighted by molar-refractivity contribution is 7.58. The predicted molar refractivity (Wildman–Crippen MR) is 441 cm³/mol. The summed E-state index contributed by atoms with van der Waals surface area (Å²) in [6, 6.07) is 34.0. The molecule has 8 aromatic rings. The van der Waals surface area contributed by atoms with Crippen molar-refractivity contribution >= 4 is 68.2 Å². The molecule has 12 nitrogen and oxygen atoms in total. The molecule has 1 aliphatic heterocycles. The van der Waals surface area contributed by atoms with Crippen molar-refractivity contribution in [3.8, 4) is 87.8 Å². The molecule has 1 aliphatic rings. The maximum atomic E-state index is 6.62. The second kappa shape index (κ2) is 48.0. The van der Waals surface area contributed by atoms with E-state index in [1.807, 2.05) is 0 Å². The lowest BCUT2D eigenvalue weighted by atomic mass is 10.0. The van der Waals surface area contributed by atoms with Crippen LogP contribution < -0.4 is 37.9 Å². The van der Waals surface area contributed by atoms with Gasteiger partial charge in [-0.3, -0.25) is 0 Å². The first-order valence-corrected chi connectivity index (χ1v) is 43.7. The lowest BCUT2D eigenvalue weighted by molar-refractivity contribution is 0.232. The zero-order chi connectivity index (χ0) is 72.4. The van der Waals surface area contributed by atoms with Crippen LogP contribution in [0, 0.1) is 0 Å². The Morgan fingerprint density at radius 2 is 0.548 bits per heavy atom. The van der Waals surface area contributed by atoms with Gasteiger partial charge in [-0.2, -0.15) is 17.5 Å². The highest BCUT2D eigenvalue weighted by atomic mass is 32.1. The minimum Gasteiger partial charge on any atom is -0.490 e. The zero-order valence-electron chi connectivity index (χ0n) is 64.0. The van der Waals surface area contributed by atoms with Crippen LogP contribution in [0.25, 0.3) is 52.8 Å². The maximum absolute atomic E-state index is 6.62. The molecule has 0 saturated carbocycles. The maximum Gasteiger partial charge on any atom is 0.203 e. The second-order valence-electron chi connectivity index (χ2n) is 28.2. The molecule has 16 heteroatoms. The van der Waals surface area contributed by atoms with E-state index < -0.39 is 0 Å². The number of ether oxygens (including phenoxy) is 8. The molecule has 9 rings (SSSR count). The first-order valence-electron chi connectivity index (χ1n) is 40.6. The molecule has 0 N–H and O–H groups in total. The molecule has 0 atom stereocenters. The van der Waals surface area contributed by atoms with Crippen LogP contribution in [0.3, 0.4) is 0 Å². The van der Waals surface area contributed by atoms with Crippen LogP contribution >= 0.6 is 34.4 Å². The van der Waals surface area contributed by atoms with Crippen molar-refractivity contribution in [1.29, 1.82) is 0 Å². The van der Waals surface area contributed by atoms with E-state index in [2.05, 4.69) is 139 Å². The third-order valence-electron chi connectivity index (χ3n) is 19.4. The van der Waals surface area contributed by atoms with E-state index in [9.17, 15) is 0 Å². The van der Waals surface area contributed by atoms with E-state index >= 15 is 0 Å². The number of unbranched alkanes of at least 4 members (excludes halogenated alkanes) is 30. The predicted octanol–water partition coefficient (Wildman–Crippen LogP) is 28.8. The molecule has 0 unspecified atom stereocenters. The minimum atomic E-state index is 0.364. The monoisotopic (exact) mass is 1490 g/mol. The van der Waals surface area contributed by atoms with Crippen LogP contribution in [0.4, 0.5) is 11.4 Å². The number of aromatic nitrogens is 2. The summed E-state index contributed by atoms with van der Waals surface area (Å²) in [5, 5.41) is 0. The molecular formula is C88H122N4O8S4. The van der Waals surface area contributed by atoms with Gasteiger partial charge in [0, 0.05) is 30.6 Å². The Kier molecular flexibility index (Phi) is 37.6. The molecule has 5 aromatic carbocycles. The molecule has 104 heavy (non-hydrogen) atoms. The normalized spacial score (nSPS) is 11.8. The van der Waals surface area contributed by atoms with Crippen LogP contribution in [-0.2, 0) is 24.6 Å². The number of hydrogen-bond acceptors (Lipinski definition) is 15. The Morgan fingerprint density at radius 3 is 0.846 bits per heavy atom. The Bertz CT molecular complexity index is 3470. The third kappa shape index (κ3) is 26.5. The molecule has 0 saturated heterocycles. The molecule has 0 radical (unpaired) electrons. The van der Waals surface area contributed by atoms with Crippen molar-refractivity contribution in [2.45, 2.75) is 286 Å². The smallest absolute Gasteiger partial charge is 0.203 e. The number of nitrogens with zero attached hydrogens (tertiary/aromatic N) is 4. The fraction of sp³-hybridized carbons (Fsp3) is 0.568. The lowest BCUT2D eigenvalue weighted by Crippen LogP contribution is -2.08. The second-order valence-corrected chi connectivity index (χ2v) is 31.4. The van der Waals surface area contributed by atoms with E-state index in [0.29, 0.717) is 52.9 Å². The molecule has 3 aromatic heterocycles. The van der Waals surface area contributed by atoms with E-state index in [0.717, 1.165) is 198 Å². The Labute approximate surface area is 640 Å². The summed E-state index contributed by atoms with van der Waals surface area (Å²) in [6.45, 7) is 18.2. The first kappa shape index (κ1) is 81.6. The molecule has 566 valence electrons. The Balaban J connectivity index is 0.866. The number of benzene rings is 5. The lowest BCUT2D eigenvalue weighted by Gasteiger charge is -2.19. The molecule has 0 aliphatic carbocycles. The molecular weight excluding hydrogens is 1370 g/mol. The van der Waals surface area contributed by atoms with E-state index in [1.54, 1.807) is 22.7 Å². The van der Waals surface area contributed by atoms with Crippen molar-refractivity contribution in [2.24, 2.45) is 8.73 Å². The molecule has 0 fully saturated rings. The summed E-state index contributed by atoms with van der Waals surface area (Å²) in [7, 11) is 0. The number of fused-ring (bicyclic) bond motifs is 2. The van der Waals surface area contributed by atoms with Crippen molar-refractivity contribution in [3.05, 3.63) is 108 Å². The quantitative estimate of drug-likeness (QED) is 0.0340. The van der Waals surface area contributed by atoms with Crippen LogP contribution in [0.2, 0.25) is 0 Å². The molecule has 4 heterocycles. The average molecular weight is 1490 g/mol. The molecule has 0 spiro atoms. The number of rotatable bonds is 58. The van der Waals surface area contributed by atoms with Crippen molar-refractivity contribution in [2.75, 3.05) is 39.6 Å². The van der Waals surface area contributed by atoms with Crippen molar-refractivity contribution < 1.29 is 37.9 Å². The first-order chi connectivity index (χ1) is 51.4. The van der Waals surface area contributed by atoms with Crippen LogP contribution in [0.15, 0.2) is 106 Å². The number of hydrogen-bond donors (Lipinski definition) is 0. The van der Waals surface area contributed by atoms with Gasteiger partial charge in [-0.05, 0) is 158 Å². The van der Waals surface area contributed by atoms with Gasteiger partial charge in [0.2, 0.25) is 11.5 Å². The van der Waals surface area contributed by atoms with E-state index in [4.69, 9.17) is 55.4 Å². The van der Waals surface area contributed by atoms with Crippen LogP contribution in [-0.4, -0.2) is 48.4 Å². The summed E-state index contributed by atoms with van der Waals surface area (Å²) in [5.41, 5.74) is 9.47. The Morgan fingerprint density at radius 1 is 0.279 bits per heavy atom. The van der Waals surface area contributed by atoms with Crippen molar-refractivity contribution in [1.82, 2.24) is 8.75 Å². The van der Waals surface area contributed by atoms with Gasteiger partial charge >= 0.3 is 0 Å². The number of thiophene rings is 2. The van der Waals surface area contributed by atoms with E-state index in [1.165, 1.54) is 177 Å². The SMILES string of the molecule is CCCCCCCCOc1cc(COc2ccc(-c3ccc(-c4c5c(c(-c6ccc(-c7ccc(OCc8cc(OCCCCCCCC)c(OCCCCCCCC)c(OCCCCCCCC)c8)cc7)s6)c6nsnc46)N=S=N5)s3)cc2)cc(OCCCCCCCC)c1OCCCCCCCC.